The van der Waals surface area contributed by atoms with Gasteiger partial charge in [-0.05, 0) is 43.0 Å². The number of ketones is 2. The number of nitrogens with one attached hydrogen (secondary N) is 4. The fourth-order valence-corrected chi connectivity index (χ4v) is 4.43. The number of nitrogens with zero attached hydrogens (tertiary/aromatic N) is 1. The van der Waals surface area contributed by atoms with Crippen molar-refractivity contribution in [3.63, 3.8) is 0 Å². The summed E-state index contributed by atoms with van der Waals surface area (Å²) in [6.45, 7) is 4.26. The molecule has 0 aliphatic rings. The third-order valence-corrected chi connectivity index (χ3v) is 7.14. The van der Waals surface area contributed by atoms with Gasteiger partial charge in [-0.3, -0.25) is 40.8 Å². The summed E-state index contributed by atoms with van der Waals surface area (Å²) in [6, 6.07) is 3.81. The van der Waals surface area contributed by atoms with Gasteiger partial charge in [-0.2, -0.15) is 0 Å². The Hall–Kier alpha value is -2.67. The molecule has 12 N–H and O–H groups in total. The van der Waals surface area contributed by atoms with Crippen molar-refractivity contribution in [2.24, 2.45) is 34.0 Å². The number of aldehydes is 1. The SMILES string of the molecule is C.CC(C)[C@H](NC(C(=O)N[C@H](C=O)Cc1ccccc1)C(C)[S-](=O)=O)C(=O)C(=O)[C@H](CCCN=C(N)N)NC(=O)CNN.CN.[Y]. The molecule has 2 amide bonds. The number of aliphatic imine (C=N–C) groups is 1. The molecule has 5 atom stereocenters. The zero-order valence-electron chi connectivity index (χ0n) is 26.1. The van der Waals surface area contributed by atoms with Crippen molar-refractivity contribution in [1.29, 1.82) is 0 Å². The largest absolute Gasteiger partial charge is 0.424 e. The summed E-state index contributed by atoms with van der Waals surface area (Å²) in [6.07, 6.45) is 0.931. The second-order valence-corrected chi connectivity index (χ2v) is 11.2. The Morgan fingerprint density at radius 3 is 2.02 bits per heavy atom. The van der Waals surface area contributed by atoms with Gasteiger partial charge in [0.25, 0.3) is 0 Å². The number of hydrazine groups is 1. The van der Waals surface area contributed by atoms with Gasteiger partial charge in [-0.15, -0.1) is 0 Å². The van der Waals surface area contributed by atoms with Gasteiger partial charge in [0.1, 0.15) is 6.29 Å². The van der Waals surface area contributed by atoms with Crippen LogP contribution >= 0.6 is 0 Å². The van der Waals surface area contributed by atoms with Crippen LogP contribution in [-0.4, -0.2) is 85.2 Å². The molecule has 2 unspecified atom stereocenters. The van der Waals surface area contributed by atoms with E-state index in [4.69, 9.17) is 17.3 Å². The molecule has 18 heteroatoms. The maximum atomic E-state index is 13.5. The van der Waals surface area contributed by atoms with E-state index >= 15 is 0 Å². The Labute approximate surface area is 298 Å². The number of benzene rings is 1. The van der Waals surface area contributed by atoms with E-state index in [0.29, 0.717) is 6.29 Å². The molecule has 0 aliphatic carbocycles. The van der Waals surface area contributed by atoms with Crippen molar-refractivity contribution in [1.82, 2.24) is 21.4 Å². The molecule has 0 heterocycles. The monoisotopic (exact) mass is 745 g/mol. The molecule has 0 aromatic heterocycles. The van der Waals surface area contributed by atoms with Crippen molar-refractivity contribution in [3.05, 3.63) is 35.9 Å². The number of guanidine groups is 1. The zero-order chi connectivity index (χ0) is 33.8. The molecule has 1 rings (SSSR count). The molecule has 0 bridgehead atoms. The van der Waals surface area contributed by atoms with E-state index in [9.17, 15) is 32.4 Å². The minimum absolute atomic E-state index is 0. The molecular formula is C28H50N9O7SY-. The van der Waals surface area contributed by atoms with Crippen LogP contribution in [0.15, 0.2) is 35.3 Å². The molecule has 1 aromatic rings. The Balaban J connectivity index is -0.00000452. The average molecular weight is 746 g/mol. The number of Topliss-reactive ketones (excluding diaryl/α,β-unsaturated/α-hetero) is 2. The minimum atomic E-state index is -2.76. The maximum absolute atomic E-state index is 13.5. The minimum Gasteiger partial charge on any atom is -0.424 e. The molecular weight excluding hydrogens is 695 g/mol. The topological polar surface area (TPSA) is 284 Å². The number of hydrogen-bond acceptors (Lipinski definition) is 13. The molecule has 0 aliphatic heterocycles. The average Bonchev–Trinajstić information content (AvgIpc) is 2.99. The van der Waals surface area contributed by atoms with E-state index in [0.717, 1.165) is 5.56 Å². The van der Waals surface area contributed by atoms with E-state index in [1.165, 1.54) is 14.0 Å². The Morgan fingerprint density at radius 1 is 0.957 bits per heavy atom. The van der Waals surface area contributed by atoms with E-state index in [-0.39, 0.29) is 78.4 Å². The van der Waals surface area contributed by atoms with Gasteiger partial charge in [0.05, 0.1) is 30.7 Å². The fourth-order valence-electron chi connectivity index (χ4n) is 4.01. The predicted molar refractivity (Wildman–Crippen MR) is 173 cm³/mol. The van der Waals surface area contributed by atoms with Crippen LogP contribution in [0.2, 0.25) is 0 Å². The third-order valence-electron chi connectivity index (χ3n) is 6.26. The predicted octanol–water partition coefficient (Wildman–Crippen LogP) is -2.06. The quantitative estimate of drug-likeness (QED) is 0.0104. The first kappa shape index (κ1) is 47.7. The van der Waals surface area contributed by atoms with E-state index in [2.05, 4.69) is 32.1 Å². The van der Waals surface area contributed by atoms with Gasteiger partial charge in [-0.1, -0.05) is 69.2 Å². The van der Waals surface area contributed by atoms with Crippen LogP contribution in [0.4, 0.5) is 0 Å². The first-order valence-corrected chi connectivity index (χ1v) is 15.0. The molecule has 0 saturated heterocycles. The second-order valence-electron chi connectivity index (χ2n) is 9.95. The van der Waals surface area contributed by atoms with Crippen molar-refractivity contribution in [2.45, 2.75) is 76.9 Å². The fraction of sp³-hybridized carbons (Fsp3) is 0.571. The summed E-state index contributed by atoms with van der Waals surface area (Å²) in [5, 5.41) is 6.36. The number of nitrogens with two attached hydrogens (primary N) is 4. The Bertz CT molecular complexity index is 1180. The number of carbonyl (C=O) groups is 5. The van der Waals surface area contributed by atoms with Crippen LogP contribution in [0.5, 0.6) is 0 Å². The summed E-state index contributed by atoms with van der Waals surface area (Å²) in [5.41, 5.74) is 18.1. The molecule has 1 radical (unpaired) electrons. The standard InChI is InChI=1S/C26H41N8O7S.CH5N.CH4.Y/c1-15(2)21(24(38)23(37)19(33-20(36)13-31-29)10-7-11-30-26(27)28)34-22(16(3)42(40)41)25(39)32-18(14-35)12-17-8-5-4-6-9-17;1-2;;/h4-6,8-9,14-16,18-19,21-22,31,34H,7,10-13,29H2,1-3H3,(H,32,39)(H,33,36)(H4,27,28,30);2H2,1H3;1H4;/q-1;;;/t16?,18-,19-,21-,22?;;;/m0.../s1. The number of hydrogen-bond donors (Lipinski definition) is 8. The van der Waals surface area contributed by atoms with Crippen LogP contribution in [-0.2, 0) is 82.2 Å². The molecule has 0 spiro atoms. The van der Waals surface area contributed by atoms with Gasteiger partial charge >= 0.3 is 0 Å². The van der Waals surface area contributed by atoms with Gasteiger partial charge in [0, 0.05) is 39.3 Å². The van der Waals surface area contributed by atoms with Gasteiger partial charge in [0.15, 0.2) is 5.96 Å². The van der Waals surface area contributed by atoms with Crippen LogP contribution < -0.4 is 44.4 Å². The van der Waals surface area contributed by atoms with Gasteiger partial charge in [0.2, 0.25) is 23.4 Å². The van der Waals surface area contributed by atoms with Crippen LogP contribution in [0, 0.1) is 5.92 Å². The normalized spacial score (nSPS) is 13.6. The molecule has 0 fully saturated rings. The van der Waals surface area contributed by atoms with E-state index in [1.807, 2.05) is 0 Å². The first-order chi connectivity index (χ1) is 20.8. The van der Waals surface area contributed by atoms with Crippen molar-refractivity contribution < 1.29 is 65.1 Å². The molecule has 46 heavy (non-hydrogen) atoms. The summed E-state index contributed by atoms with van der Waals surface area (Å²) in [5.74, 6) is 0.991. The third kappa shape index (κ3) is 17.9. The summed E-state index contributed by atoms with van der Waals surface area (Å²) < 4.78 is 23.8. The van der Waals surface area contributed by atoms with Gasteiger partial charge < -0.3 is 41.0 Å². The Morgan fingerprint density at radius 2 is 1.54 bits per heavy atom. The summed E-state index contributed by atoms with van der Waals surface area (Å²) in [4.78, 5) is 67.8. The second kappa shape index (κ2) is 26.4. The van der Waals surface area contributed by atoms with Crippen LogP contribution in [0.25, 0.3) is 0 Å². The number of carbonyl (C=O) groups excluding carboxylic acids is 5. The summed E-state index contributed by atoms with van der Waals surface area (Å²) in [7, 11) is -1.26. The molecule has 259 valence electrons. The molecule has 16 nitrogen and oxygen atoms in total. The summed E-state index contributed by atoms with van der Waals surface area (Å²) >= 11 is 0. The maximum Gasteiger partial charge on any atom is 0.236 e. The first-order valence-electron chi connectivity index (χ1n) is 13.9. The Kier molecular flexibility index (Phi) is 27.4. The van der Waals surface area contributed by atoms with Crippen LogP contribution in [0.3, 0.4) is 0 Å². The van der Waals surface area contributed by atoms with Gasteiger partial charge in [-0.25, -0.2) is 0 Å². The molecule has 1 aromatic carbocycles. The number of rotatable bonds is 20. The van der Waals surface area contributed by atoms with Crippen molar-refractivity contribution in [3.8, 4) is 0 Å². The molecule has 0 saturated carbocycles. The number of amides is 2. The van der Waals surface area contributed by atoms with E-state index < -0.39 is 69.4 Å². The zero-order valence-corrected chi connectivity index (χ0v) is 29.7. The van der Waals surface area contributed by atoms with Crippen molar-refractivity contribution in [2.75, 3.05) is 20.1 Å². The van der Waals surface area contributed by atoms with E-state index in [1.54, 1.807) is 44.2 Å². The van der Waals surface area contributed by atoms with Crippen molar-refractivity contribution >= 4 is 46.3 Å². The van der Waals surface area contributed by atoms with Crippen LogP contribution in [0.1, 0.15) is 46.6 Å². The smallest absolute Gasteiger partial charge is 0.236 e.